The fraction of sp³-hybridized carbons (Fsp3) is 0.379. The minimum absolute atomic E-state index is 0.00193. The predicted octanol–water partition coefficient (Wildman–Crippen LogP) is 4.90. The quantitative estimate of drug-likeness (QED) is 0.466. The molecule has 2 heterocycles. The Morgan fingerprint density at radius 3 is 2.34 bits per heavy atom. The Hall–Kier alpha value is -3.54. The Kier molecular flexibility index (Phi) is 7.91. The van der Waals surface area contributed by atoms with Crippen molar-refractivity contribution in [2.75, 3.05) is 26.7 Å². The molecule has 0 spiro atoms. The van der Waals surface area contributed by atoms with Crippen LogP contribution in [-0.4, -0.2) is 54.4 Å². The van der Waals surface area contributed by atoms with Crippen molar-refractivity contribution < 1.29 is 18.7 Å². The third-order valence-electron chi connectivity index (χ3n) is 7.01. The number of furan rings is 1. The van der Waals surface area contributed by atoms with Gasteiger partial charge in [-0.1, -0.05) is 48.0 Å². The summed E-state index contributed by atoms with van der Waals surface area (Å²) in [6, 6.07) is 19.8. The van der Waals surface area contributed by atoms with E-state index < -0.39 is 0 Å². The van der Waals surface area contributed by atoms with E-state index in [1.165, 1.54) is 5.56 Å². The lowest BCUT2D eigenvalue weighted by atomic mass is 9.84. The van der Waals surface area contributed by atoms with Gasteiger partial charge in [0.1, 0.15) is 11.5 Å². The van der Waals surface area contributed by atoms with Crippen molar-refractivity contribution >= 4 is 11.8 Å². The van der Waals surface area contributed by atoms with Gasteiger partial charge in [-0.25, -0.2) is 0 Å². The number of likely N-dealkylation sites (N-methyl/N-ethyl adjacent to an activating group) is 1. The van der Waals surface area contributed by atoms with Gasteiger partial charge in [-0.2, -0.15) is 0 Å². The van der Waals surface area contributed by atoms with Crippen LogP contribution in [0.5, 0.6) is 5.75 Å². The van der Waals surface area contributed by atoms with E-state index in [2.05, 4.69) is 12.1 Å². The van der Waals surface area contributed by atoms with Gasteiger partial charge in [-0.15, -0.1) is 0 Å². The summed E-state index contributed by atoms with van der Waals surface area (Å²) in [6.45, 7) is 5.21. The molecule has 0 unspecified atom stereocenters. The highest BCUT2D eigenvalue weighted by molar-refractivity contribution is 5.95. The fourth-order valence-electron chi connectivity index (χ4n) is 4.83. The lowest BCUT2D eigenvalue weighted by molar-refractivity contribution is -0.135. The van der Waals surface area contributed by atoms with Crippen molar-refractivity contribution in [1.82, 2.24) is 9.80 Å². The molecule has 6 nitrogen and oxygen atoms in total. The van der Waals surface area contributed by atoms with E-state index in [0.717, 1.165) is 24.8 Å². The second kappa shape index (κ2) is 11.3. The Morgan fingerprint density at radius 1 is 1.03 bits per heavy atom. The summed E-state index contributed by atoms with van der Waals surface area (Å²) in [5.74, 6) is 1.61. The molecular weight excluding hydrogens is 440 g/mol. The summed E-state index contributed by atoms with van der Waals surface area (Å²) in [4.78, 5) is 29.8. The Balaban J connectivity index is 1.40. The van der Waals surface area contributed by atoms with Crippen LogP contribution in [0.1, 0.15) is 40.1 Å². The number of carbonyl (C=O) groups is 2. The smallest absolute Gasteiger partial charge is 0.260 e. The van der Waals surface area contributed by atoms with Crippen LogP contribution in [-0.2, 0) is 11.2 Å². The number of nitrogens with zero attached hydrogens (tertiary/aromatic N) is 2. The number of carbonyl (C=O) groups excluding carboxylic acids is 2. The third-order valence-corrected chi connectivity index (χ3v) is 7.01. The summed E-state index contributed by atoms with van der Waals surface area (Å²) in [5.41, 5.74) is 2.96. The Morgan fingerprint density at radius 2 is 1.71 bits per heavy atom. The first-order valence-electron chi connectivity index (χ1n) is 12.2. The first-order valence-corrected chi connectivity index (χ1v) is 12.2. The molecule has 1 aromatic heterocycles. The number of amides is 2. The highest BCUT2D eigenvalue weighted by Crippen LogP contribution is 2.28. The number of hydrogen-bond donors (Lipinski definition) is 0. The Labute approximate surface area is 207 Å². The molecule has 0 N–H and O–H groups in total. The van der Waals surface area contributed by atoms with Gasteiger partial charge in [-0.3, -0.25) is 9.59 Å². The van der Waals surface area contributed by atoms with E-state index in [9.17, 15) is 9.59 Å². The molecule has 0 aliphatic carbocycles. The van der Waals surface area contributed by atoms with Crippen LogP contribution in [0.25, 0.3) is 0 Å². The second-order valence-corrected chi connectivity index (χ2v) is 9.38. The van der Waals surface area contributed by atoms with Gasteiger partial charge in [0.15, 0.2) is 6.61 Å². The summed E-state index contributed by atoms with van der Waals surface area (Å²) < 4.78 is 11.1. The molecule has 1 atom stereocenters. The maximum absolute atomic E-state index is 13.3. The topological polar surface area (TPSA) is 63.0 Å². The number of aryl methyl sites for hydroxylation is 2. The highest BCUT2D eigenvalue weighted by atomic mass is 16.5. The highest BCUT2D eigenvalue weighted by Gasteiger charge is 2.33. The zero-order valence-electron chi connectivity index (χ0n) is 20.8. The van der Waals surface area contributed by atoms with Crippen molar-refractivity contribution in [2.24, 2.45) is 5.92 Å². The number of rotatable bonds is 8. The minimum Gasteiger partial charge on any atom is -0.484 e. The van der Waals surface area contributed by atoms with E-state index >= 15 is 0 Å². The molecule has 3 aromatic rings. The lowest BCUT2D eigenvalue weighted by Crippen LogP contribution is -2.49. The maximum atomic E-state index is 13.3. The molecule has 0 saturated carbocycles. The van der Waals surface area contributed by atoms with E-state index in [-0.39, 0.29) is 24.5 Å². The molecule has 6 heteroatoms. The van der Waals surface area contributed by atoms with Gasteiger partial charge in [0.2, 0.25) is 0 Å². The largest absolute Gasteiger partial charge is 0.484 e. The fourth-order valence-corrected chi connectivity index (χ4v) is 4.83. The lowest BCUT2D eigenvalue weighted by Gasteiger charge is -2.40. The van der Waals surface area contributed by atoms with Crippen LogP contribution in [0.3, 0.4) is 0 Å². The summed E-state index contributed by atoms with van der Waals surface area (Å²) in [7, 11) is 1.88. The summed E-state index contributed by atoms with van der Waals surface area (Å²) in [5, 5.41) is 0. The van der Waals surface area contributed by atoms with Crippen molar-refractivity contribution in [3.8, 4) is 5.75 Å². The summed E-state index contributed by atoms with van der Waals surface area (Å²) in [6.07, 6.45) is 4.02. The first-order chi connectivity index (χ1) is 16.9. The van der Waals surface area contributed by atoms with Crippen molar-refractivity contribution in [3.63, 3.8) is 0 Å². The van der Waals surface area contributed by atoms with Crippen LogP contribution >= 0.6 is 0 Å². The van der Waals surface area contributed by atoms with Crippen molar-refractivity contribution in [1.29, 1.82) is 0 Å². The zero-order chi connectivity index (χ0) is 24.8. The van der Waals surface area contributed by atoms with Gasteiger partial charge < -0.3 is 19.0 Å². The van der Waals surface area contributed by atoms with Crippen LogP contribution in [0.4, 0.5) is 0 Å². The maximum Gasteiger partial charge on any atom is 0.260 e. The molecular formula is C29H34N2O4. The normalized spacial score (nSPS) is 15.0. The molecule has 35 heavy (non-hydrogen) atoms. The standard InChI is InChI=1S/C29H34N2O4/c1-21-9-11-25(12-10-21)35-20-28(32)31-16-13-24(14-17-31)27(19-23-7-5-4-6-8-23)30(3)29(33)26-15-18-34-22(26)2/h4-12,15,18,24,27H,13-14,16-17,19-20H2,1-3H3/t27-/m0/s1. The molecule has 0 radical (unpaired) electrons. The number of piperidine rings is 1. The molecule has 1 fully saturated rings. The molecule has 1 aliphatic rings. The van der Waals surface area contributed by atoms with Gasteiger partial charge in [0, 0.05) is 26.2 Å². The summed E-state index contributed by atoms with van der Waals surface area (Å²) >= 11 is 0. The van der Waals surface area contributed by atoms with Crippen LogP contribution < -0.4 is 4.74 Å². The molecule has 1 aliphatic heterocycles. The van der Waals surface area contributed by atoms with E-state index in [1.807, 2.05) is 73.2 Å². The van der Waals surface area contributed by atoms with Gasteiger partial charge in [0.25, 0.3) is 11.8 Å². The zero-order valence-corrected chi connectivity index (χ0v) is 20.8. The number of likely N-dealkylation sites (tertiary alicyclic amines) is 1. The second-order valence-electron chi connectivity index (χ2n) is 9.38. The van der Waals surface area contributed by atoms with Gasteiger partial charge in [-0.05, 0) is 62.8 Å². The molecule has 184 valence electrons. The van der Waals surface area contributed by atoms with E-state index in [1.54, 1.807) is 12.3 Å². The monoisotopic (exact) mass is 474 g/mol. The first kappa shape index (κ1) is 24.6. The molecule has 0 bridgehead atoms. The van der Waals surface area contributed by atoms with Gasteiger partial charge >= 0.3 is 0 Å². The van der Waals surface area contributed by atoms with E-state index in [0.29, 0.717) is 36.1 Å². The number of ether oxygens (including phenoxy) is 1. The predicted molar refractivity (Wildman–Crippen MR) is 135 cm³/mol. The SMILES string of the molecule is Cc1ccc(OCC(=O)N2CCC([C@H](Cc3ccccc3)N(C)C(=O)c3ccoc3C)CC2)cc1. The average Bonchev–Trinajstić information content (AvgIpc) is 3.32. The molecule has 1 saturated heterocycles. The van der Waals surface area contributed by atoms with Crippen LogP contribution in [0.15, 0.2) is 71.3 Å². The van der Waals surface area contributed by atoms with Crippen molar-refractivity contribution in [2.45, 2.75) is 39.2 Å². The van der Waals surface area contributed by atoms with Crippen LogP contribution in [0.2, 0.25) is 0 Å². The van der Waals surface area contributed by atoms with E-state index in [4.69, 9.17) is 9.15 Å². The third kappa shape index (κ3) is 6.13. The molecule has 2 aromatic carbocycles. The minimum atomic E-state index is -0.0258. The molecule has 2 amide bonds. The van der Waals surface area contributed by atoms with Crippen LogP contribution in [0, 0.1) is 19.8 Å². The number of hydrogen-bond acceptors (Lipinski definition) is 4. The molecule has 4 rings (SSSR count). The average molecular weight is 475 g/mol. The number of benzene rings is 2. The Bertz CT molecular complexity index is 1120. The van der Waals surface area contributed by atoms with Gasteiger partial charge in [0.05, 0.1) is 11.8 Å². The van der Waals surface area contributed by atoms with Crippen molar-refractivity contribution in [3.05, 3.63) is 89.4 Å².